The van der Waals surface area contributed by atoms with Crippen LogP contribution in [0.5, 0.6) is 0 Å². The lowest BCUT2D eigenvalue weighted by Crippen LogP contribution is -2.49. The number of hydrogen-bond acceptors (Lipinski definition) is 2. The number of rotatable bonds is 3. The maximum absolute atomic E-state index is 11.5. The second-order valence-electron chi connectivity index (χ2n) is 5.59. The summed E-state index contributed by atoms with van der Waals surface area (Å²) in [5.74, 6) is 1.48. The van der Waals surface area contributed by atoms with Gasteiger partial charge in [0, 0.05) is 31.0 Å². The molecular weight excluding hydrogens is 186 g/mol. The highest BCUT2D eigenvalue weighted by molar-refractivity contribution is 5.81. The normalized spacial score (nSPS) is 38.3. The minimum absolute atomic E-state index is 0.518. The van der Waals surface area contributed by atoms with Gasteiger partial charge in [-0.25, -0.2) is 0 Å². The first kappa shape index (κ1) is 9.83. The van der Waals surface area contributed by atoms with Crippen LogP contribution in [0.1, 0.15) is 51.9 Å². The number of piperidine rings is 1. The van der Waals surface area contributed by atoms with Crippen molar-refractivity contribution in [2.45, 2.75) is 70.0 Å². The van der Waals surface area contributed by atoms with E-state index in [4.69, 9.17) is 0 Å². The Balaban J connectivity index is 1.77. The zero-order chi connectivity index (χ0) is 10.4. The topological polar surface area (TPSA) is 20.3 Å². The predicted octanol–water partition coefficient (Wildman–Crippen LogP) is 2.37. The van der Waals surface area contributed by atoms with Crippen LogP contribution < -0.4 is 0 Å². The molecule has 2 saturated heterocycles. The molecule has 1 saturated carbocycles. The third kappa shape index (κ3) is 1.63. The molecular formula is C13H21NO. The van der Waals surface area contributed by atoms with Crippen LogP contribution in [0.25, 0.3) is 0 Å². The van der Waals surface area contributed by atoms with Gasteiger partial charge in [0.2, 0.25) is 0 Å². The number of ketones is 1. The van der Waals surface area contributed by atoms with E-state index in [-0.39, 0.29) is 0 Å². The van der Waals surface area contributed by atoms with Gasteiger partial charge in [0.05, 0.1) is 0 Å². The molecule has 3 unspecified atom stereocenters. The van der Waals surface area contributed by atoms with Crippen molar-refractivity contribution in [1.82, 2.24) is 4.90 Å². The summed E-state index contributed by atoms with van der Waals surface area (Å²) >= 11 is 0. The first-order valence-electron chi connectivity index (χ1n) is 6.58. The average Bonchev–Trinajstić information content (AvgIpc) is 2.98. The minimum Gasteiger partial charge on any atom is -0.300 e. The quantitative estimate of drug-likeness (QED) is 0.708. The highest BCUT2D eigenvalue weighted by atomic mass is 16.1. The third-order valence-corrected chi connectivity index (χ3v) is 4.57. The van der Waals surface area contributed by atoms with E-state index in [1.165, 1.54) is 32.1 Å². The first-order valence-corrected chi connectivity index (χ1v) is 6.58. The highest BCUT2D eigenvalue weighted by Crippen LogP contribution is 2.44. The minimum atomic E-state index is 0.518. The molecule has 15 heavy (non-hydrogen) atoms. The molecule has 84 valence electrons. The molecule has 0 spiro atoms. The molecule has 0 aromatic rings. The molecule has 0 aromatic heterocycles. The Hall–Kier alpha value is -0.370. The Bertz CT molecular complexity index is 256. The number of fused-ring (bicyclic) bond motifs is 2. The van der Waals surface area contributed by atoms with E-state index in [2.05, 4.69) is 11.8 Å². The maximum atomic E-state index is 11.5. The first-order chi connectivity index (χ1) is 7.29. The van der Waals surface area contributed by atoms with Gasteiger partial charge in [0.15, 0.2) is 0 Å². The third-order valence-electron chi connectivity index (χ3n) is 4.57. The van der Waals surface area contributed by atoms with Crippen molar-refractivity contribution in [2.24, 2.45) is 5.92 Å². The Morgan fingerprint density at radius 3 is 2.27 bits per heavy atom. The average molecular weight is 207 g/mol. The molecule has 3 aliphatic rings. The summed E-state index contributed by atoms with van der Waals surface area (Å²) in [5.41, 5.74) is 0. The van der Waals surface area contributed by atoms with Crippen LogP contribution in [0.4, 0.5) is 0 Å². The molecule has 1 aliphatic carbocycles. The summed E-state index contributed by atoms with van der Waals surface area (Å²) in [7, 11) is 0. The van der Waals surface area contributed by atoms with Gasteiger partial charge in [-0.2, -0.15) is 0 Å². The summed E-state index contributed by atoms with van der Waals surface area (Å²) in [6, 6.07) is 2.03. The van der Waals surface area contributed by atoms with Gasteiger partial charge >= 0.3 is 0 Å². The molecule has 0 N–H and O–H groups in total. The van der Waals surface area contributed by atoms with Crippen LogP contribution in [0.2, 0.25) is 0 Å². The van der Waals surface area contributed by atoms with Crippen molar-refractivity contribution in [3.63, 3.8) is 0 Å². The summed E-state index contributed by atoms with van der Waals surface area (Å²) in [5, 5.41) is 0. The standard InChI is InChI=1S/C13H21NO/c1-2-13(9-3-4-9)14-10-5-6-11(14)8-12(15)7-10/h9-11,13H,2-8H2,1H3. The summed E-state index contributed by atoms with van der Waals surface area (Å²) in [4.78, 5) is 14.3. The molecule has 2 nitrogen and oxygen atoms in total. The van der Waals surface area contributed by atoms with Crippen molar-refractivity contribution < 1.29 is 4.79 Å². The Kier molecular flexibility index (Phi) is 2.35. The smallest absolute Gasteiger partial charge is 0.136 e. The predicted molar refractivity (Wildman–Crippen MR) is 59.7 cm³/mol. The van der Waals surface area contributed by atoms with Crippen LogP contribution in [0.3, 0.4) is 0 Å². The van der Waals surface area contributed by atoms with Crippen molar-refractivity contribution in [3.8, 4) is 0 Å². The molecule has 0 radical (unpaired) electrons. The monoisotopic (exact) mass is 207 g/mol. The zero-order valence-corrected chi connectivity index (χ0v) is 9.61. The van der Waals surface area contributed by atoms with E-state index < -0.39 is 0 Å². The molecule has 2 heteroatoms. The Morgan fingerprint density at radius 1 is 1.20 bits per heavy atom. The molecule has 2 heterocycles. The number of nitrogens with zero attached hydrogens (tertiary/aromatic N) is 1. The Morgan fingerprint density at radius 2 is 1.80 bits per heavy atom. The molecule has 2 bridgehead atoms. The van der Waals surface area contributed by atoms with E-state index in [9.17, 15) is 4.79 Å². The zero-order valence-electron chi connectivity index (χ0n) is 9.61. The van der Waals surface area contributed by atoms with Crippen molar-refractivity contribution in [1.29, 1.82) is 0 Å². The van der Waals surface area contributed by atoms with Gasteiger partial charge in [-0.15, -0.1) is 0 Å². The number of carbonyl (C=O) groups is 1. The molecule has 3 fully saturated rings. The van der Waals surface area contributed by atoms with Crippen molar-refractivity contribution in [2.75, 3.05) is 0 Å². The van der Waals surface area contributed by atoms with Gasteiger partial charge in [-0.3, -0.25) is 9.69 Å². The van der Waals surface area contributed by atoms with E-state index in [0.717, 1.165) is 24.8 Å². The maximum Gasteiger partial charge on any atom is 0.136 e. The lowest BCUT2D eigenvalue weighted by molar-refractivity contribution is -0.124. The lowest BCUT2D eigenvalue weighted by atomic mass is 9.96. The number of Topliss-reactive ketones (excluding diaryl/α,β-unsaturated/α-hetero) is 1. The molecule has 3 rings (SSSR count). The summed E-state index contributed by atoms with van der Waals surface area (Å²) in [6.45, 7) is 2.32. The number of hydrogen-bond donors (Lipinski definition) is 0. The fourth-order valence-electron chi connectivity index (χ4n) is 3.82. The van der Waals surface area contributed by atoms with Gasteiger partial charge in [0.25, 0.3) is 0 Å². The van der Waals surface area contributed by atoms with E-state index in [0.29, 0.717) is 17.9 Å². The summed E-state index contributed by atoms with van der Waals surface area (Å²) in [6.07, 6.45) is 8.40. The molecule has 3 atom stereocenters. The molecule has 2 aliphatic heterocycles. The number of carbonyl (C=O) groups excluding carboxylic acids is 1. The molecule has 0 amide bonds. The SMILES string of the molecule is CCC(C1CC1)N1C2CCC1CC(=O)C2. The van der Waals surface area contributed by atoms with E-state index in [1.54, 1.807) is 0 Å². The fourth-order valence-corrected chi connectivity index (χ4v) is 3.82. The molecule has 0 aromatic carbocycles. The van der Waals surface area contributed by atoms with Crippen LogP contribution in [-0.4, -0.2) is 28.8 Å². The van der Waals surface area contributed by atoms with Crippen LogP contribution >= 0.6 is 0 Å². The van der Waals surface area contributed by atoms with Crippen LogP contribution in [0, 0.1) is 5.92 Å². The largest absolute Gasteiger partial charge is 0.300 e. The van der Waals surface area contributed by atoms with Crippen molar-refractivity contribution >= 4 is 5.78 Å². The van der Waals surface area contributed by atoms with E-state index in [1.807, 2.05) is 0 Å². The van der Waals surface area contributed by atoms with Crippen LogP contribution in [0.15, 0.2) is 0 Å². The second kappa shape index (κ2) is 3.58. The van der Waals surface area contributed by atoms with E-state index >= 15 is 0 Å². The summed E-state index contributed by atoms with van der Waals surface area (Å²) < 4.78 is 0. The van der Waals surface area contributed by atoms with Crippen molar-refractivity contribution in [3.05, 3.63) is 0 Å². The van der Waals surface area contributed by atoms with Gasteiger partial charge in [-0.1, -0.05) is 6.92 Å². The van der Waals surface area contributed by atoms with Crippen LogP contribution in [-0.2, 0) is 4.79 Å². The second-order valence-corrected chi connectivity index (χ2v) is 5.59. The lowest BCUT2D eigenvalue weighted by Gasteiger charge is -2.40. The van der Waals surface area contributed by atoms with Gasteiger partial charge < -0.3 is 0 Å². The highest BCUT2D eigenvalue weighted by Gasteiger charge is 2.46. The van der Waals surface area contributed by atoms with Gasteiger partial charge in [0.1, 0.15) is 5.78 Å². The Labute approximate surface area is 92.0 Å². The fraction of sp³-hybridized carbons (Fsp3) is 0.923. The van der Waals surface area contributed by atoms with Gasteiger partial charge in [-0.05, 0) is 38.0 Å².